The summed E-state index contributed by atoms with van der Waals surface area (Å²) < 4.78 is 0. The van der Waals surface area contributed by atoms with Crippen molar-refractivity contribution in [3.8, 4) is 0 Å². The van der Waals surface area contributed by atoms with Gasteiger partial charge < -0.3 is 10.4 Å². The number of hydrogen-bond acceptors (Lipinski definition) is 5. The summed E-state index contributed by atoms with van der Waals surface area (Å²) in [6.07, 6.45) is 0. The number of nitrogens with one attached hydrogen (secondary N) is 2. The standard InChI is InChI=1S/C9H15N3O4/c1-6(2-10-3-9(15)16)12-4-7(13)11-8(14)5-12/h6,10H,2-5H2,1H3,(H,15,16)(H,11,13,14)/t6-/m0/s1. The fourth-order valence-corrected chi connectivity index (χ4v) is 1.49. The molecule has 2 amide bonds. The van der Waals surface area contributed by atoms with E-state index >= 15 is 0 Å². The van der Waals surface area contributed by atoms with Crippen molar-refractivity contribution in [2.75, 3.05) is 26.2 Å². The minimum atomic E-state index is -0.931. The van der Waals surface area contributed by atoms with Gasteiger partial charge in [0.25, 0.3) is 0 Å². The quantitative estimate of drug-likeness (QED) is 0.472. The molecule has 0 spiro atoms. The van der Waals surface area contributed by atoms with Gasteiger partial charge >= 0.3 is 5.97 Å². The normalized spacial score (nSPS) is 19.3. The Balaban J connectivity index is 2.35. The molecular formula is C9H15N3O4. The van der Waals surface area contributed by atoms with Crippen molar-refractivity contribution in [1.82, 2.24) is 15.5 Å². The summed E-state index contributed by atoms with van der Waals surface area (Å²) in [7, 11) is 0. The Morgan fingerprint density at radius 2 is 2.06 bits per heavy atom. The van der Waals surface area contributed by atoms with E-state index in [1.165, 1.54) is 0 Å². The third-order valence-electron chi connectivity index (χ3n) is 2.31. The Kier molecular flexibility index (Phi) is 4.39. The first-order valence-electron chi connectivity index (χ1n) is 4.98. The number of carbonyl (C=O) groups excluding carboxylic acids is 2. The minimum absolute atomic E-state index is 0.0608. The summed E-state index contributed by atoms with van der Waals surface area (Å²) in [6.45, 7) is 2.47. The average Bonchev–Trinajstić information content (AvgIpc) is 2.15. The van der Waals surface area contributed by atoms with Crippen LogP contribution in [0.2, 0.25) is 0 Å². The molecule has 0 aromatic carbocycles. The van der Waals surface area contributed by atoms with Crippen molar-refractivity contribution in [3.63, 3.8) is 0 Å². The maximum absolute atomic E-state index is 11.1. The van der Waals surface area contributed by atoms with E-state index in [2.05, 4.69) is 10.6 Å². The number of carboxylic acids is 1. The van der Waals surface area contributed by atoms with E-state index in [0.717, 1.165) is 0 Å². The average molecular weight is 229 g/mol. The molecule has 1 aliphatic heterocycles. The van der Waals surface area contributed by atoms with Crippen molar-refractivity contribution in [2.45, 2.75) is 13.0 Å². The Bertz CT molecular complexity index is 289. The van der Waals surface area contributed by atoms with E-state index in [1.807, 2.05) is 6.92 Å². The van der Waals surface area contributed by atoms with E-state index in [9.17, 15) is 14.4 Å². The van der Waals surface area contributed by atoms with Crippen molar-refractivity contribution < 1.29 is 19.5 Å². The zero-order chi connectivity index (χ0) is 12.1. The van der Waals surface area contributed by atoms with Crippen molar-refractivity contribution in [2.24, 2.45) is 0 Å². The van der Waals surface area contributed by atoms with Gasteiger partial charge in [-0.3, -0.25) is 24.6 Å². The van der Waals surface area contributed by atoms with Gasteiger partial charge in [0.05, 0.1) is 19.6 Å². The molecule has 0 bridgehead atoms. The zero-order valence-corrected chi connectivity index (χ0v) is 9.02. The Morgan fingerprint density at radius 1 is 1.50 bits per heavy atom. The first-order chi connectivity index (χ1) is 7.49. The van der Waals surface area contributed by atoms with E-state index in [1.54, 1.807) is 4.90 Å². The Morgan fingerprint density at radius 3 is 2.56 bits per heavy atom. The topological polar surface area (TPSA) is 98.7 Å². The Hall–Kier alpha value is -1.47. The van der Waals surface area contributed by atoms with Crippen LogP contribution in [0.25, 0.3) is 0 Å². The molecule has 1 aliphatic rings. The zero-order valence-electron chi connectivity index (χ0n) is 9.02. The second-order valence-electron chi connectivity index (χ2n) is 3.75. The molecule has 7 heteroatoms. The first kappa shape index (κ1) is 12.6. The predicted molar refractivity (Wildman–Crippen MR) is 54.7 cm³/mol. The fraction of sp³-hybridized carbons (Fsp3) is 0.667. The van der Waals surface area contributed by atoms with Gasteiger partial charge in [0, 0.05) is 12.6 Å². The largest absolute Gasteiger partial charge is 0.480 e. The number of nitrogens with zero attached hydrogens (tertiary/aromatic N) is 1. The van der Waals surface area contributed by atoms with Crippen LogP contribution in [0, 0.1) is 0 Å². The van der Waals surface area contributed by atoms with Crippen LogP contribution in [0.4, 0.5) is 0 Å². The monoisotopic (exact) mass is 229 g/mol. The van der Waals surface area contributed by atoms with Gasteiger partial charge in [0.15, 0.2) is 0 Å². The predicted octanol–water partition coefficient (Wildman–Crippen LogP) is -1.99. The van der Waals surface area contributed by atoms with E-state index in [0.29, 0.717) is 6.54 Å². The molecule has 1 atom stereocenters. The fourth-order valence-electron chi connectivity index (χ4n) is 1.49. The number of aliphatic carboxylic acids is 1. The van der Waals surface area contributed by atoms with Gasteiger partial charge in [-0.05, 0) is 6.92 Å². The van der Waals surface area contributed by atoms with Crippen LogP contribution in [-0.4, -0.2) is 60.0 Å². The molecule has 1 saturated heterocycles. The second kappa shape index (κ2) is 5.57. The van der Waals surface area contributed by atoms with Crippen LogP contribution >= 0.6 is 0 Å². The molecule has 1 heterocycles. The molecule has 90 valence electrons. The van der Waals surface area contributed by atoms with Gasteiger partial charge in [-0.2, -0.15) is 0 Å². The van der Waals surface area contributed by atoms with E-state index in [4.69, 9.17) is 5.11 Å². The SMILES string of the molecule is C[C@@H](CNCC(=O)O)N1CC(=O)NC(=O)C1. The minimum Gasteiger partial charge on any atom is -0.480 e. The number of carbonyl (C=O) groups is 3. The van der Waals surface area contributed by atoms with E-state index in [-0.39, 0.29) is 37.5 Å². The highest BCUT2D eigenvalue weighted by molar-refractivity contribution is 5.99. The van der Waals surface area contributed by atoms with Crippen LogP contribution < -0.4 is 10.6 Å². The smallest absolute Gasteiger partial charge is 0.317 e. The summed E-state index contributed by atoms with van der Waals surface area (Å²) in [6, 6.07) is -0.0608. The molecule has 0 unspecified atom stereocenters. The van der Waals surface area contributed by atoms with Crippen molar-refractivity contribution in [3.05, 3.63) is 0 Å². The van der Waals surface area contributed by atoms with Crippen LogP contribution in [0.15, 0.2) is 0 Å². The molecule has 0 aromatic rings. The molecular weight excluding hydrogens is 214 g/mol. The van der Waals surface area contributed by atoms with Crippen LogP contribution in [0.1, 0.15) is 6.92 Å². The molecule has 0 aliphatic carbocycles. The molecule has 1 rings (SSSR count). The third kappa shape index (κ3) is 3.95. The lowest BCUT2D eigenvalue weighted by molar-refractivity contribution is -0.138. The summed E-state index contributed by atoms with van der Waals surface area (Å²) >= 11 is 0. The number of carboxylic acid groups (broad SMARTS) is 1. The van der Waals surface area contributed by atoms with Gasteiger partial charge in [0.1, 0.15) is 0 Å². The van der Waals surface area contributed by atoms with Gasteiger partial charge in [-0.15, -0.1) is 0 Å². The second-order valence-corrected chi connectivity index (χ2v) is 3.75. The van der Waals surface area contributed by atoms with Crippen LogP contribution in [0.5, 0.6) is 0 Å². The van der Waals surface area contributed by atoms with Crippen molar-refractivity contribution >= 4 is 17.8 Å². The first-order valence-corrected chi connectivity index (χ1v) is 4.98. The van der Waals surface area contributed by atoms with Crippen molar-refractivity contribution in [1.29, 1.82) is 0 Å². The highest BCUT2D eigenvalue weighted by Gasteiger charge is 2.25. The number of rotatable bonds is 5. The highest BCUT2D eigenvalue weighted by atomic mass is 16.4. The maximum atomic E-state index is 11.1. The lowest BCUT2D eigenvalue weighted by atomic mass is 10.2. The number of hydrogen-bond donors (Lipinski definition) is 3. The maximum Gasteiger partial charge on any atom is 0.317 e. The summed E-state index contributed by atoms with van der Waals surface area (Å²) in [5.74, 6) is -1.57. The molecule has 16 heavy (non-hydrogen) atoms. The molecule has 0 saturated carbocycles. The number of imide groups is 1. The molecule has 7 nitrogen and oxygen atoms in total. The number of amides is 2. The van der Waals surface area contributed by atoms with Crippen LogP contribution in [-0.2, 0) is 14.4 Å². The van der Waals surface area contributed by atoms with Crippen LogP contribution in [0.3, 0.4) is 0 Å². The Labute approximate surface area is 92.8 Å². The molecule has 1 fully saturated rings. The summed E-state index contributed by atoms with van der Waals surface area (Å²) in [5.41, 5.74) is 0. The summed E-state index contributed by atoms with van der Waals surface area (Å²) in [4.78, 5) is 34.1. The lowest BCUT2D eigenvalue weighted by Gasteiger charge is -2.30. The molecule has 0 radical (unpaired) electrons. The lowest BCUT2D eigenvalue weighted by Crippen LogP contribution is -2.56. The third-order valence-corrected chi connectivity index (χ3v) is 2.31. The van der Waals surface area contributed by atoms with Gasteiger partial charge in [-0.25, -0.2) is 0 Å². The number of piperazine rings is 1. The van der Waals surface area contributed by atoms with E-state index < -0.39 is 5.97 Å². The van der Waals surface area contributed by atoms with Gasteiger partial charge in [-0.1, -0.05) is 0 Å². The molecule has 3 N–H and O–H groups in total. The van der Waals surface area contributed by atoms with Gasteiger partial charge in [0.2, 0.25) is 11.8 Å². The molecule has 0 aromatic heterocycles. The highest BCUT2D eigenvalue weighted by Crippen LogP contribution is 2.01. The summed E-state index contributed by atoms with van der Waals surface area (Å²) in [5, 5.41) is 13.4.